The molecule has 3 aliphatic rings. The predicted octanol–water partition coefficient (Wildman–Crippen LogP) is 1.92. The molecule has 0 spiro atoms. The Morgan fingerprint density at radius 3 is 2.38 bits per heavy atom. The average molecular weight is 342 g/mol. The highest BCUT2D eigenvalue weighted by atomic mass is 32.1. The van der Waals surface area contributed by atoms with E-state index in [9.17, 15) is 14.4 Å². The zero-order valence-corrected chi connectivity index (χ0v) is 13.9. The average Bonchev–Trinajstić information content (AvgIpc) is 3.15. The van der Waals surface area contributed by atoms with Crippen molar-refractivity contribution < 1.29 is 14.4 Å². The largest absolute Gasteiger partial charge is 0.335 e. The number of nitrogens with zero attached hydrogens (tertiary/aromatic N) is 2. The van der Waals surface area contributed by atoms with Gasteiger partial charge in [0.05, 0.1) is 17.9 Å². The molecule has 0 bridgehead atoms. The molecule has 1 aromatic rings. The van der Waals surface area contributed by atoms with Crippen LogP contribution in [0.5, 0.6) is 0 Å². The highest BCUT2D eigenvalue weighted by Crippen LogP contribution is 2.37. The normalized spacial score (nSPS) is 27.0. The Morgan fingerprint density at radius 2 is 1.79 bits per heavy atom. The number of hydrogen-bond donors (Lipinski definition) is 0. The third-order valence-electron chi connectivity index (χ3n) is 5.01. The van der Waals surface area contributed by atoms with Gasteiger partial charge in [0.25, 0.3) is 0 Å². The molecule has 5 nitrogen and oxygen atoms in total. The lowest BCUT2D eigenvalue weighted by atomic mass is 9.85. The monoisotopic (exact) mass is 342 g/mol. The molecule has 4 rings (SSSR count). The Hall–Kier alpha value is -2.21. The lowest BCUT2D eigenvalue weighted by molar-refractivity contribution is -0.151. The van der Waals surface area contributed by atoms with E-state index in [-0.39, 0.29) is 35.6 Å². The summed E-state index contributed by atoms with van der Waals surface area (Å²) >= 11 is 1.57. The third-order valence-corrected chi connectivity index (χ3v) is 5.85. The standard InChI is InChI=1S/C18H18N2O3S/c21-16(8-7-13-4-3-9-24-13)19-10-12(11-19)20-17(22)14-5-1-2-6-15(14)18(20)23/h1-4,7-9,12,14-15H,5-6,10-11H2/b8-7+/t14-,15-/m1/s1. The maximum absolute atomic E-state index is 12.5. The van der Waals surface area contributed by atoms with Gasteiger partial charge in [-0.3, -0.25) is 19.3 Å². The Bertz CT molecular complexity index is 705. The van der Waals surface area contributed by atoms with Crippen molar-refractivity contribution in [2.24, 2.45) is 11.8 Å². The van der Waals surface area contributed by atoms with Gasteiger partial charge in [-0.1, -0.05) is 18.2 Å². The van der Waals surface area contributed by atoms with Gasteiger partial charge in [0, 0.05) is 24.0 Å². The maximum atomic E-state index is 12.5. The molecule has 2 atom stereocenters. The number of hydrogen-bond acceptors (Lipinski definition) is 4. The molecule has 0 aromatic carbocycles. The first kappa shape index (κ1) is 15.3. The fraction of sp³-hybridized carbons (Fsp3) is 0.389. The van der Waals surface area contributed by atoms with Gasteiger partial charge in [-0.15, -0.1) is 11.3 Å². The van der Waals surface area contributed by atoms with E-state index < -0.39 is 0 Å². The van der Waals surface area contributed by atoms with Crippen molar-refractivity contribution >= 4 is 35.1 Å². The minimum atomic E-state index is -0.189. The second kappa shape index (κ2) is 6.02. The number of carbonyl (C=O) groups is 3. The fourth-order valence-electron chi connectivity index (χ4n) is 3.63. The molecular formula is C18H18N2O3S. The van der Waals surface area contributed by atoms with Gasteiger partial charge in [0.1, 0.15) is 0 Å². The molecule has 0 N–H and O–H groups in total. The van der Waals surface area contributed by atoms with Crippen molar-refractivity contribution in [3.8, 4) is 0 Å². The molecule has 24 heavy (non-hydrogen) atoms. The lowest BCUT2D eigenvalue weighted by Gasteiger charge is -2.42. The third kappa shape index (κ3) is 2.51. The number of carbonyl (C=O) groups excluding carboxylic acids is 3. The molecule has 0 saturated carbocycles. The molecule has 2 saturated heterocycles. The first-order chi connectivity index (χ1) is 11.6. The maximum Gasteiger partial charge on any atom is 0.246 e. The van der Waals surface area contributed by atoms with Gasteiger partial charge in [-0.25, -0.2) is 0 Å². The minimum Gasteiger partial charge on any atom is -0.335 e. The first-order valence-corrected chi connectivity index (χ1v) is 9.05. The second-order valence-electron chi connectivity index (χ2n) is 6.45. The first-order valence-electron chi connectivity index (χ1n) is 8.17. The molecule has 6 heteroatoms. The summed E-state index contributed by atoms with van der Waals surface area (Å²) in [6, 6.07) is 3.73. The van der Waals surface area contributed by atoms with Gasteiger partial charge < -0.3 is 4.90 Å². The molecule has 2 aliphatic heterocycles. The Kier molecular flexibility index (Phi) is 3.84. The number of fused-ring (bicyclic) bond motifs is 1. The summed E-state index contributed by atoms with van der Waals surface area (Å²) < 4.78 is 0. The topological polar surface area (TPSA) is 57.7 Å². The smallest absolute Gasteiger partial charge is 0.246 e. The summed E-state index contributed by atoms with van der Waals surface area (Å²) in [6.07, 6.45) is 8.64. The van der Waals surface area contributed by atoms with E-state index in [4.69, 9.17) is 0 Å². The molecular weight excluding hydrogens is 324 g/mol. The van der Waals surface area contributed by atoms with Crippen LogP contribution in [0.25, 0.3) is 6.08 Å². The van der Waals surface area contributed by atoms with Crippen LogP contribution >= 0.6 is 11.3 Å². The number of amides is 3. The molecule has 124 valence electrons. The minimum absolute atomic E-state index is 0.0550. The summed E-state index contributed by atoms with van der Waals surface area (Å²) in [4.78, 5) is 41.3. The van der Waals surface area contributed by atoms with Crippen LogP contribution in [0.3, 0.4) is 0 Å². The Morgan fingerprint density at radius 1 is 1.12 bits per heavy atom. The number of likely N-dealkylation sites (tertiary alicyclic amines) is 2. The molecule has 3 heterocycles. The van der Waals surface area contributed by atoms with E-state index in [1.165, 1.54) is 4.90 Å². The van der Waals surface area contributed by atoms with E-state index in [1.807, 2.05) is 29.7 Å². The molecule has 1 aliphatic carbocycles. The van der Waals surface area contributed by atoms with Gasteiger partial charge in [0.2, 0.25) is 17.7 Å². The van der Waals surface area contributed by atoms with Crippen LogP contribution in [0.4, 0.5) is 0 Å². The molecule has 0 radical (unpaired) electrons. The van der Waals surface area contributed by atoms with E-state index in [2.05, 4.69) is 0 Å². The van der Waals surface area contributed by atoms with Crippen molar-refractivity contribution in [1.82, 2.24) is 9.80 Å². The second-order valence-corrected chi connectivity index (χ2v) is 7.43. The summed E-state index contributed by atoms with van der Waals surface area (Å²) in [5.41, 5.74) is 0. The number of allylic oxidation sites excluding steroid dienone is 2. The van der Waals surface area contributed by atoms with E-state index in [0.29, 0.717) is 25.9 Å². The van der Waals surface area contributed by atoms with Gasteiger partial charge in [0.15, 0.2) is 0 Å². The van der Waals surface area contributed by atoms with Crippen molar-refractivity contribution in [3.63, 3.8) is 0 Å². The highest BCUT2D eigenvalue weighted by Gasteiger charge is 2.52. The van der Waals surface area contributed by atoms with Crippen LogP contribution < -0.4 is 0 Å². The molecule has 1 aromatic heterocycles. The van der Waals surface area contributed by atoms with Crippen LogP contribution in [0.2, 0.25) is 0 Å². The van der Waals surface area contributed by atoms with Crippen LogP contribution in [0, 0.1) is 11.8 Å². The molecule has 3 amide bonds. The van der Waals surface area contributed by atoms with Gasteiger partial charge >= 0.3 is 0 Å². The molecule has 2 fully saturated rings. The highest BCUT2D eigenvalue weighted by molar-refractivity contribution is 7.10. The van der Waals surface area contributed by atoms with E-state index >= 15 is 0 Å². The Balaban J connectivity index is 1.36. The van der Waals surface area contributed by atoms with E-state index in [0.717, 1.165) is 4.88 Å². The van der Waals surface area contributed by atoms with Crippen molar-refractivity contribution in [2.75, 3.05) is 13.1 Å². The number of thiophene rings is 1. The number of imide groups is 1. The van der Waals surface area contributed by atoms with Crippen molar-refractivity contribution in [2.45, 2.75) is 18.9 Å². The zero-order chi connectivity index (χ0) is 16.7. The quantitative estimate of drug-likeness (QED) is 0.479. The van der Waals surface area contributed by atoms with Crippen molar-refractivity contribution in [3.05, 3.63) is 40.6 Å². The van der Waals surface area contributed by atoms with E-state index in [1.54, 1.807) is 28.4 Å². The lowest BCUT2D eigenvalue weighted by Crippen LogP contribution is -2.62. The van der Waals surface area contributed by atoms with Crippen LogP contribution in [-0.2, 0) is 14.4 Å². The van der Waals surface area contributed by atoms with Gasteiger partial charge in [-0.05, 0) is 30.4 Å². The van der Waals surface area contributed by atoms with Gasteiger partial charge in [-0.2, -0.15) is 0 Å². The molecule has 0 unspecified atom stereocenters. The van der Waals surface area contributed by atoms with Crippen LogP contribution in [-0.4, -0.2) is 46.7 Å². The summed E-state index contributed by atoms with van der Waals surface area (Å²) in [5, 5.41) is 1.96. The summed E-state index contributed by atoms with van der Waals surface area (Å²) in [5.74, 6) is -0.559. The predicted molar refractivity (Wildman–Crippen MR) is 90.9 cm³/mol. The zero-order valence-electron chi connectivity index (χ0n) is 13.1. The fourth-order valence-corrected chi connectivity index (χ4v) is 4.25. The SMILES string of the molecule is O=C(/C=C/c1cccs1)N1CC(N2C(=O)[C@@H]3CC=CC[C@H]3C2=O)C1. The number of rotatable bonds is 3. The van der Waals surface area contributed by atoms with Crippen LogP contribution in [0.15, 0.2) is 35.7 Å². The Labute approximate surface area is 144 Å². The summed E-state index contributed by atoms with van der Waals surface area (Å²) in [6.45, 7) is 0.885. The van der Waals surface area contributed by atoms with Crippen LogP contribution in [0.1, 0.15) is 17.7 Å². The summed E-state index contributed by atoms with van der Waals surface area (Å²) in [7, 11) is 0. The van der Waals surface area contributed by atoms with Crippen molar-refractivity contribution in [1.29, 1.82) is 0 Å².